The van der Waals surface area contributed by atoms with Crippen molar-refractivity contribution in [2.24, 2.45) is 0 Å². The number of nitro groups is 1. The first kappa shape index (κ1) is 10.8. The molecule has 1 heterocycles. The fourth-order valence-corrected chi connectivity index (χ4v) is 2.30. The van der Waals surface area contributed by atoms with Crippen molar-refractivity contribution in [3.63, 3.8) is 0 Å². The van der Waals surface area contributed by atoms with Crippen LogP contribution in [0, 0.1) is 10.1 Å². The Morgan fingerprint density at radius 3 is 2.69 bits per heavy atom. The van der Waals surface area contributed by atoms with Crippen molar-refractivity contribution in [3.05, 3.63) is 28.6 Å². The smallest absolute Gasteiger partial charge is 0.291 e. The zero-order chi connectivity index (χ0) is 11.9. The predicted octanol–water partition coefficient (Wildman–Crippen LogP) is 1.40. The van der Waals surface area contributed by atoms with Crippen LogP contribution in [0.3, 0.4) is 0 Å². The number of fused-ring (bicyclic) bond motifs is 1. The summed E-state index contributed by atoms with van der Waals surface area (Å²) in [6.45, 7) is 0. The van der Waals surface area contributed by atoms with Crippen LogP contribution >= 0.6 is 10.7 Å². The number of aromatic amines is 1. The molecule has 0 amide bonds. The molecular formula is C7H4ClN3O4S. The molecule has 0 saturated carbocycles. The van der Waals surface area contributed by atoms with Crippen molar-refractivity contribution in [1.29, 1.82) is 0 Å². The summed E-state index contributed by atoms with van der Waals surface area (Å²) in [7, 11) is 0.934. The second kappa shape index (κ2) is 3.42. The summed E-state index contributed by atoms with van der Waals surface area (Å²) >= 11 is 0. The fraction of sp³-hybridized carbons (Fsp3) is 0. The summed E-state index contributed by atoms with van der Waals surface area (Å²) in [5.41, 5.74) is 0.0901. The van der Waals surface area contributed by atoms with E-state index in [1.807, 2.05) is 0 Å². The summed E-state index contributed by atoms with van der Waals surface area (Å²) in [5, 5.41) is 10.7. The monoisotopic (exact) mass is 261 g/mol. The van der Waals surface area contributed by atoms with E-state index in [1.165, 1.54) is 6.33 Å². The molecule has 1 N–H and O–H groups in total. The van der Waals surface area contributed by atoms with E-state index in [0.717, 1.165) is 12.1 Å². The Bertz CT molecular complexity index is 678. The van der Waals surface area contributed by atoms with Gasteiger partial charge in [0.2, 0.25) is 0 Å². The van der Waals surface area contributed by atoms with Gasteiger partial charge in [0.15, 0.2) is 4.90 Å². The summed E-state index contributed by atoms with van der Waals surface area (Å²) in [6, 6.07) is 2.14. The van der Waals surface area contributed by atoms with Crippen molar-refractivity contribution >= 4 is 36.5 Å². The normalized spacial score (nSPS) is 11.8. The molecule has 2 rings (SSSR count). The first-order valence-corrected chi connectivity index (χ1v) is 6.27. The minimum absolute atomic E-state index is 0.296. The van der Waals surface area contributed by atoms with Gasteiger partial charge >= 0.3 is 0 Å². The molecule has 0 bridgehead atoms. The van der Waals surface area contributed by atoms with Crippen LogP contribution in [0.5, 0.6) is 0 Å². The second-order valence-corrected chi connectivity index (χ2v) is 5.47. The van der Waals surface area contributed by atoms with Gasteiger partial charge in [-0.3, -0.25) is 10.1 Å². The molecule has 0 spiro atoms. The molecule has 1 aromatic heterocycles. The number of nitrogens with one attached hydrogen (secondary N) is 1. The van der Waals surface area contributed by atoms with Gasteiger partial charge in [0.1, 0.15) is 0 Å². The molecule has 0 aliphatic heterocycles. The molecule has 0 saturated heterocycles. The Morgan fingerprint density at radius 2 is 2.12 bits per heavy atom. The van der Waals surface area contributed by atoms with Gasteiger partial charge in [-0.1, -0.05) is 0 Å². The highest BCUT2D eigenvalue weighted by atomic mass is 35.7. The lowest BCUT2D eigenvalue weighted by Gasteiger charge is -1.98. The van der Waals surface area contributed by atoms with E-state index in [4.69, 9.17) is 10.7 Å². The van der Waals surface area contributed by atoms with E-state index in [9.17, 15) is 18.5 Å². The maximum atomic E-state index is 11.1. The van der Waals surface area contributed by atoms with Gasteiger partial charge < -0.3 is 4.98 Å². The highest BCUT2D eigenvalue weighted by Gasteiger charge is 2.25. The number of rotatable bonds is 2. The van der Waals surface area contributed by atoms with Crippen LogP contribution in [0.1, 0.15) is 0 Å². The van der Waals surface area contributed by atoms with Crippen LogP contribution in [-0.4, -0.2) is 23.3 Å². The zero-order valence-electron chi connectivity index (χ0n) is 7.55. The minimum Gasteiger partial charge on any atom is -0.344 e. The van der Waals surface area contributed by atoms with Gasteiger partial charge in [-0.25, -0.2) is 13.4 Å². The van der Waals surface area contributed by atoms with Crippen molar-refractivity contribution in [2.45, 2.75) is 4.90 Å². The van der Waals surface area contributed by atoms with Crippen molar-refractivity contribution in [1.82, 2.24) is 9.97 Å². The summed E-state index contributed by atoms with van der Waals surface area (Å²) < 4.78 is 22.3. The van der Waals surface area contributed by atoms with Gasteiger partial charge in [0.25, 0.3) is 14.7 Å². The van der Waals surface area contributed by atoms with Crippen LogP contribution in [0.25, 0.3) is 11.0 Å². The number of nitro benzene ring substituents is 1. The first-order chi connectivity index (χ1) is 7.39. The third-order valence-corrected chi connectivity index (χ3v) is 3.31. The van der Waals surface area contributed by atoms with Crippen molar-refractivity contribution in [2.75, 3.05) is 0 Å². The van der Waals surface area contributed by atoms with Crippen molar-refractivity contribution < 1.29 is 13.3 Å². The Morgan fingerprint density at radius 1 is 1.44 bits per heavy atom. The van der Waals surface area contributed by atoms with Gasteiger partial charge in [0, 0.05) is 16.7 Å². The molecule has 0 radical (unpaired) electrons. The lowest BCUT2D eigenvalue weighted by molar-refractivity contribution is -0.387. The lowest BCUT2D eigenvalue weighted by Crippen LogP contribution is -1.98. The number of halogens is 1. The summed E-state index contributed by atoms with van der Waals surface area (Å²) in [4.78, 5) is 15.7. The Hall–Kier alpha value is -1.67. The van der Waals surface area contributed by atoms with Crippen LogP contribution in [-0.2, 0) is 9.05 Å². The molecule has 0 atom stereocenters. The summed E-state index contributed by atoms with van der Waals surface area (Å²) in [5.74, 6) is 0. The standard InChI is InChI=1S/C7H4ClN3O4S/c8-16(14,15)7-2-5-4(9-3-10-5)1-6(7)11(12)13/h1-3H,(H,9,10). The number of imidazole rings is 1. The average molecular weight is 262 g/mol. The SMILES string of the molecule is O=[N+]([O-])c1cc2[nH]cnc2cc1S(=O)(=O)Cl. The quantitative estimate of drug-likeness (QED) is 0.499. The number of hydrogen-bond acceptors (Lipinski definition) is 5. The van der Waals surface area contributed by atoms with E-state index < -0.39 is 24.6 Å². The highest BCUT2D eigenvalue weighted by Crippen LogP contribution is 2.30. The van der Waals surface area contributed by atoms with E-state index in [0.29, 0.717) is 11.0 Å². The topological polar surface area (TPSA) is 106 Å². The van der Waals surface area contributed by atoms with Crippen LogP contribution in [0.15, 0.2) is 23.4 Å². The van der Waals surface area contributed by atoms with Gasteiger partial charge in [0.05, 0.1) is 22.3 Å². The molecule has 84 valence electrons. The van der Waals surface area contributed by atoms with Crippen LogP contribution in [0.4, 0.5) is 5.69 Å². The Balaban J connectivity index is 2.88. The van der Waals surface area contributed by atoms with Gasteiger partial charge in [-0.2, -0.15) is 0 Å². The van der Waals surface area contributed by atoms with Crippen LogP contribution < -0.4 is 0 Å². The molecule has 0 unspecified atom stereocenters. The number of benzene rings is 1. The Labute approximate surface area is 93.6 Å². The number of H-pyrrole nitrogens is 1. The molecular weight excluding hydrogens is 258 g/mol. The maximum absolute atomic E-state index is 11.1. The largest absolute Gasteiger partial charge is 0.344 e. The number of nitrogens with zero attached hydrogens (tertiary/aromatic N) is 2. The Kier molecular flexibility index (Phi) is 2.32. The van der Waals surface area contributed by atoms with Crippen LogP contribution in [0.2, 0.25) is 0 Å². The molecule has 0 fully saturated rings. The zero-order valence-corrected chi connectivity index (χ0v) is 9.12. The van der Waals surface area contributed by atoms with E-state index in [1.54, 1.807) is 0 Å². The van der Waals surface area contributed by atoms with Gasteiger partial charge in [-0.15, -0.1) is 0 Å². The molecule has 0 aliphatic rings. The van der Waals surface area contributed by atoms with Crippen molar-refractivity contribution in [3.8, 4) is 0 Å². The molecule has 1 aromatic carbocycles. The third kappa shape index (κ3) is 1.72. The lowest BCUT2D eigenvalue weighted by atomic mass is 10.3. The van der Waals surface area contributed by atoms with E-state index >= 15 is 0 Å². The first-order valence-electron chi connectivity index (χ1n) is 3.96. The number of aromatic nitrogens is 2. The highest BCUT2D eigenvalue weighted by molar-refractivity contribution is 8.13. The fourth-order valence-electron chi connectivity index (χ4n) is 1.29. The predicted molar refractivity (Wildman–Crippen MR) is 55.8 cm³/mol. The van der Waals surface area contributed by atoms with E-state index in [-0.39, 0.29) is 0 Å². The second-order valence-electron chi connectivity index (χ2n) is 2.93. The average Bonchev–Trinajstić information content (AvgIpc) is 2.60. The maximum Gasteiger partial charge on any atom is 0.291 e. The summed E-state index contributed by atoms with van der Waals surface area (Å²) in [6.07, 6.45) is 1.30. The molecule has 2 aromatic rings. The minimum atomic E-state index is -4.17. The van der Waals surface area contributed by atoms with E-state index in [2.05, 4.69) is 9.97 Å². The molecule has 16 heavy (non-hydrogen) atoms. The molecule has 7 nitrogen and oxygen atoms in total. The molecule has 9 heteroatoms. The number of hydrogen-bond donors (Lipinski definition) is 1. The third-order valence-electron chi connectivity index (χ3n) is 1.96. The molecule has 0 aliphatic carbocycles. The van der Waals surface area contributed by atoms with Gasteiger partial charge in [-0.05, 0) is 6.07 Å².